The predicted molar refractivity (Wildman–Crippen MR) is 58.9 cm³/mol. The zero-order chi connectivity index (χ0) is 10.1. The standard InChI is InChI=1S/C10H14BrNO/c1-10(2,3)13-8-6-4-5-7(12)9(8)11/h4-6H,12H2,1-3H3. The average molecular weight is 244 g/mol. The van der Waals surface area contributed by atoms with Crippen molar-refractivity contribution in [2.24, 2.45) is 0 Å². The van der Waals surface area contributed by atoms with Gasteiger partial charge in [0.25, 0.3) is 0 Å². The molecule has 1 rings (SSSR count). The molecule has 2 N–H and O–H groups in total. The van der Waals surface area contributed by atoms with Crippen LogP contribution in [0.1, 0.15) is 20.8 Å². The number of rotatable bonds is 1. The first kappa shape index (κ1) is 10.4. The lowest BCUT2D eigenvalue weighted by Gasteiger charge is -2.22. The summed E-state index contributed by atoms with van der Waals surface area (Å²) in [5.74, 6) is 0.785. The van der Waals surface area contributed by atoms with Crippen molar-refractivity contribution in [2.45, 2.75) is 26.4 Å². The van der Waals surface area contributed by atoms with Crippen molar-refractivity contribution >= 4 is 21.6 Å². The second-order valence-electron chi connectivity index (χ2n) is 3.87. The third kappa shape index (κ3) is 2.92. The lowest BCUT2D eigenvalue weighted by molar-refractivity contribution is 0.130. The molecule has 0 saturated heterocycles. The summed E-state index contributed by atoms with van der Waals surface area (Å²) in [5, 5.41) is 0. The quantitative estimate of drug-likeness (QED) is 0.770. The Hall–Kier alpha value is -0.700. The molecule has 0 spiro atoms. The van der Waals surface area contributed by atoms with Crippen molar-refractivity contribution in [1.82, 2.24) is 0 Å². The molecule has 3 heteroatoms. The molecule has 0 saturated carbocycles. The Balaban J connectivity index is 2.96. The summed E-state index contributed by atoms with van der Waals surface area (Å²) in [7, 11) is 0. The van der Waals surface area contributed by atoms with Crippen LogP contribution in [0, 0.1) is 0 Å². The Morgan fingerprint density at radius 2 is 1.92 bits per heavy atom. The molecule has 13 heavy (non-hydrogen) atoms. The summed E-state index contributed by atoms with van der Waals surface area (Å²) >= 11 is 3.38. The number of nitrogens with two attached hydrogens (primary N) is 1. The van der Waals surface area contributed by atoms with E-state index in [1.54, 1.807) is 0 Å². The van der Waals surface area contributed by atoms with Crippen LogP contribution in [0.5, 0.6) is 5.75 Å². The van der Waals surface area contributed by atoms with Gasteiger partial charge in [-0.2, -0.15) is 0 Å². The normalized spacial score (nSPS) is 11.4. The lowest BCUT2D eigenvalue weighted by Crippen LogP contribution is -2.23. The summed E-state index contributed by atoms with van der Waals surface area (Å²) in [6.45, 7) is 6.01. The van der Waals surface area contributed by atoms with Crippen molar-refractivity contribution in [1.29, 1.82) is 0 Å². The topological polar surface area (TPSA) is 35.2 Å². The van der Waals surface area contributed by atoms with Crippen LogP contribution in [0.15, 0.2) is 22.7 Å². The summed E-state index contributed by atoms with van der Waals surface area (Å²) < 4.78 is 6.51. The maximum Gasteiger partial charge on any atom is 0.136 e. The average Bonchev–Trinajstić information content (AvgIpc) is 1.96. The van der Waals surface area contributed by atoms with Gasteiger partial charge in [0.1, 0.15) is 11.4 Å². The molecular formula is C10H14BrNO. The highest BCUT2D eigenvalue weighted by molar-refractivity contribution is 9.10. The second kappa shape index (κ2) is 3.58. The molecule has 72 valence electrons. The van der Waals surface area contributed by atoms with Gasteiger partial charge >= 0.3 is 0 Å². The van der Waals surface area contributed by atoms with E-state index in [1.165, 1.54) is 0 Å². The Morgan fingerprint density at radius 1 is 1.31 bits per heavy atom. The summed E-state index contributed by atoms with van der Waals surface area (Å²) in [6, 6.07) is 5.60. The maximum absolute atomic E-state index is 5.71. The van der Waals surface area contributed by atoms with Gasteiger partial charge in [-0.3, -0.25) is 0 Å². The SMILES string of the molecule is CC(C)(C)Oc1cccc(N)c1Br. The fraction of sp³-hybridized carbons (Fsp3) is 0.400. The predicted octanol–water partition coefficient (Wildman–Crippen LogP) is 3.21. The Bertz CT molecular complexity index is 304. The van der Waals surface area contributed by atoms with Gasteiger partial charge in [0, 0.05) is 5.69 Å². The number of hydrogen-bond donors (Lipinski definition) is 1. The van der Waals surface area contributed by atoms with E-state index in [0.29, 0.717) is 5.69 Å². The fourth-order valence-corrected chi connectivity index (χ4v) is 1.28. The van der Waals surface area contributed by atoms with Crippen molar-refractivity contribution in [3.05, 3.63) is 22.7 Å². The van der Waals surface area contributed by atoms with Gasteiger partial charge < -0.3 is 10.5 Å². The van der Waals surface area contributed by atoms with Crippen molar-refractivity contribution in [3.8, 4) is 5.75 Å². The van der Waals surface area contributed by atoms with E-state index >= 15 is 0 Å². The lowest BCUT2D eigenvalue weighted by atomic mass is 10.2. The Labute approximate surface area is 87.2 Å². The van der Waals surface area contributed by atoms with Gasteiger partial charge in [-0.25, -0.2) is 0 Å². The molecule has 0 aliphatic carbocycles. The van der Waals surface area contributed by atoms with Gasteiger partial charge in [-0.1, -0.05) is 6.07 Å². The highest BCUT2D eigenvalue weighted by Crippen LogP contribution is 2.32. The largest absolute Gasteiger partial charge is 0.487 e. The minimum atomic E-state index is -0.198. The molecule has 0 aliphatic rings. The van der Waals surface area contributed by atoms with E-state index in [2.05, 4.69) is 15.9 Å². The highest BCUT2D eigenvalue weighted by atomic mass is 79.9. The van der Waals surface area contributed by atoms with Crippen LogP contribution < -0.4 is 10.5 Å². The van der Waals surface area contributed by atoms with Crippen molar-refractivity contribution < 1.29 is 4.74 Å². The minimum Gasteiger partial charge on any atom is -0.487 e. The molecule has 2 nitrogen and oxygen atoms in total. The molecule has 0 aromatic heterocycles. The Kier molecular flexibility index (Phi) is 2.86. The summed E-state index contributed by atoms with van der Waals surface area (Å²) in [6.07, 6.45) is 0. The van der Waals surface area contributed by atoms with E-state index in [4.69, 9.17) is 10.5 Å². The molecule has 0 radical (unpaired) electrons. The third-order valence-corrected chi connectivity index (χ3v) is 2.26. The van der Waals surface area contributed by atoms with Gasteiger partial charge in [0.15, 0.2) is 0 Å². The zero-order valence-electron chi connectivity index (χ0n) is 8.10. The molecule has 0 unspecified atom stereocenters. The van der Waals surface area contributed by atoms with Crippen LogP contribution in [0.4, 0.5) is 5.69 Å². The molecule has 1 aromatic rings. The van der Waals surface area contributed by atoms with Crippen LogP contribution in [-0.2, 0) is 0 Å². The molecule has 0 aliphatic heterocycles. The van der Waals surface area contributed by atoms with Gasteiger partial charge in [-0.05, 0) is 48.8 Å². The second-order valence-corrected chi connectivity index (χ2v) is 4.67. The molecule has 0 fully saturated rings. The maximum atomic E-state index is 5.71. The van der Waals surface area contributed by atoms with Crippen LogP contribution in [0.3, 0.4) is 0 Å². The molecule has 0 heterocycles. The Morgan fingerprint density at radius 3 is 2.46 bits per heavy atom. The van der Waals surface area contributed by atoms with Crippen LogP contribution in [0.2, 0.25) is 0 Å². The van der Waals surface area contributed by atoms with Crippen molar-refractivity contribution in [3.63, 3.8) is 0 Å². The monoisotopic (exact) mass is 243 g/mol. The van der Waals surface area contributed by atoms with E-state index in [1.807, 2.05) is 39.0 Å². The molecule has 1 aromatic carbocycles. The van der Waals surface area contributed by atoms with Gasteiger partial charge in [0.05, 0.1) is 4.47 Å². The van der Waals surface area contributed by atoms with Gasteiger partial charge in [-0.15, -0.1) is 0 Å². The molecule has 0 amide bonds. The highest BCUT2D eigenvalue weighted by Gasteiger charge is 2.14. The molecule has 0 bridgehead atoms. The zero-order valence-corrected chi connectivity index (χ0v) is 9.68. The van der Waals surface area contributed by atoms with Crippen LogP contribution in [-0.4, -0.2) is 5.60 Å². The van der Waals surface area contributed by atoms with Gasteiger partial charge in [0.2, 0.25) is 0 Å². The van der Waals surface area contributed by atoms with E-state index in [9.17, 15) is 0 Å². The first-order valence-corrected chi connectivity index (χ1v) is 4.92. The summed E-state index contributed by atoms with van der Waals surface area (Å²) in [4.78, 5) is 0. The molecule has 0 atom stereocenters. The smallest absolute Gasteiger partial charge is 0.136 e. The number of benzene rings is 1. The van der Waals surface area contributed by atoms with Crippen molar-refractivity contribution in [2.75, 3.05) is 5.73 Å². The summed E-state index contributed by atoms with van der Waals surface area (Å²) in [5.41, 5.74) is 6.21. The minimum absolute atomic E-state index is 0.198. The number of nitrogen functional groups attached to an aromatic ring is 1. The fourth-order valence-electron chi connectivity index (χ4n) is 0.936. The van der Waals surface area contributed by atoms with E-state index in [-0.39, 0.29) is 5.60 Å². The van der Waals surface area contributed by atoms with Crippen LogP contribution in [0.25, 0.3) is 0 Å². The van der Waals surface area contributed by atoms with Crippen LogP contribution >= 0.6 is 15.9 Å². The third-order valence-electron chi connectivity index (χ3n) is 1.41. The number of ether oxygens (including phenoxy) is 1. The molecular weight excluding hydrogens is 230 g/mol. The van der Waals surface area contributed by atoms with E-state index in [0.717, 1.165) is 10.2 Å². The first-order valence-electron chi connectivity index (χ1n) is 4.13. The number of anilines is 1. The first-order chi connectivity index (χ1) is 5.90. The van der Waals surface area contributed by atoms with E-state index < -0.39 is 0 Å². The number of halogens is 1. The number of hydrogen-bond acceptors (Lipinski definition) is 2.